The highest BCUT2D eigenvalue weighted by Crippen LogP contribution is 2.43. The molecule has 2 aliphatic rings. The van der Waals surface area contributed by atoms with Gasteiger partial charge in [0.2, 0.25) is 0 Å². The number of amides is 2. The molecule has 0 spiro atoms. The van der Waals surface area contributed by atoms with Gasteiger partial charge in [0.25, 0.3) is 0 Å². The highest BCUT2D eigenvalue weighted by Gasteiger charge is 2.37. The molecule has 1 saturated heterocycles. The number of urea groups is 1. The third kappa shape index (κ3) is 3.98. The van der Waals surface area contributed by atoms with Crippen LogP contribution in [0.25, 0.3) is 0 Å². The lowest BCUT2D eigenvalue weighted by molar-refractivity contribution is -0.0861. The number of methoxy groups -OCH3 is 1. The van der Waals surface area contributed by atoms with Gasteiger partial charge in [-0.3, -0.25) is 0 Å². The molecule has 5 nitrogen and oxygen atoms in total. The molecule has 5 heteroatoms. The quantitative estimate of drug-likeness (QED) is 0.880. The predicted octanol–water partition coefficient (Wildman–Crippen LogP) is 3.19. The highest BCUT2D eigenvalue weighted by atomic mass is 16.5. The summed E-state index contributed by atoms with van der Waals surface area (Å²) in [6.45, 7) is 6.32. The van der Waals surface area contributed by atoms with Crippen molar-refractivity contribution in [1.29, 1.82) is 0 Å². The monoisotopic (exact) mass is 346 g/mol. The first-order valence-electron chi connectivity index (χ1n) is 9.21. The van der Waals surface area contributed by atoms with Gasteiger partial charge >= 0.3 is 6.03 Å². The van der Waals surface area contributed by atoms with E-state index >= 15 is 0 Å². The normalized spacial score (nSPS) is 24.2. The fourth-order valence-corrected chi connectivity index (χ4v) is 3.96. The van der Waals surface area contributed by atoms with E-state index in [2.05, 4.69) is 48.7 Å². The number of hydrogen-bond acceptors (Lipinski definition) is 3. The van der Waals surface area contributed by atoms with Crippen molar-refractivity contribution in [3.63, 3.8) is 0 Å². The minimum absolute atomic E-state index is 0.0191. The standard InChI is InChI=1S/C20H30N2O3/c1-19(2)9-8-15-6-4-5-7-16(15)17(19)22-18(23)21-14-20(24-3)10-12-25-13-11-20/h4-7,17H,8-14H2,1-3H3,(H2,21,22,23). The number of ether oxygens (including phenoxy) is 2. The summed E-state index contributed by atoms with van der Waals surface area (Å²) in [6, 6.07) is 8.31. The Morgan fingerprint density at radius 2 is 1.96 bits per heavy atom. The molecule has 25 heavy (non-hydrogen) atoms. The summed E-state index contributed by atoms with van der Waals surface area (Å²) in [6.07, 6.45) is 3.74. The van der Waals surface area contributed by atoms with E-state index in [1.54, 1.807) is 7.11 Å². The van der Waals surface area contributed by atoms with Gasteiger partial charge in [-0.1, -0.05) is 38.1 Å². The third-order valence-electron chi connectivity index (χ3n) is 5.87. The summed E-state index contributed by atoms with van der Waals surface area (Å²) in [4.78, 5) is 12.6. The SMILES string of the molecule is COC1(CNC(=O)NC2c3ccccc3CCC2(C)C)CCOCC1. The van der Waals surface area contributed by atoms with Crippen molar-refractivity contribution in [2.24, 2.45) is 5.41 Å². The van der Waals surface area contributed by atoms with Gasteiger partial charge in [-0.15, -0.1) is 0 Å². The van der Waals surface area contributed by atoms with Crippen molar-refractivity contribution in [2.45, 2.75) is 51.2 Å². The van der Waals surface area contributed by atoms with Gasteiger partial charge in [0.1, 0.15) is 0 Å². The molecule has 1 aliphatic carbocycles. The van der Waals surface area contributed by atoms with Gasteiger partial charge in [0.15, 0.2) is 0 Å². The molecule has 0 bridgehead atoms. The van der Waals surface area contributed by atoms with Gasteiger partial charge in [0, 0.05) is 39.7 Å². The number of rotatable bonds is 4. The number of hydrogen-bond donors (Lipinski definition) is 2. The van der Waals surface area contributed by atoms with E-state index in [4.69, 9.17) is 9.47 Å². The molecular weight excluding hydrogens is 316 g/mol. The zero-order valence-corrected chi connectivity index (χ0v) is 15.6. The predicted molar refractivity (Wildman–Crippen MR) is 97.6 cm³/mol. The Kier molecular flexibility index (Phi) is 5.35. The van der Waals surface area contributed by atoms with E-state index in [-0.39, 0.29) is 23.1 Å². The Balaban J connectivity index is 1.65. The minimum Gasteiger partial charge on any atom is -0.381 e. The number of carbonyl (C=O) groups is 1. The molecule has 2 N–H and O–H groups in total. The summed E-state index contributed by atoms with van der Waals surface area (Å²) in [5.41, 5.74) is 2.30. The molecule has 0 saturated carbocycles. The molecule has 1 atom stereocenters. The summed E-state index contributed by atoms with van der Waals surface area (Å²) < 4.78 is 11.1. The second-order valence-corrected chi connectivity index (χ2v) is 7.95. The van der Waals surface area contributed by atoms with E-state index < -0.39 is 0 Å². The van der Waals surface area contributed by atoms with Gasteiger partial charge < -0.3 is 20.1 Å². The molecular formula is C20H30N2O3. The molecule has 1 unspecified atom stereocenters. The second kappa shape index (κ2) is 7.34. The van der Waals surface area contributed by atoms with Crippen LogP contribution in [-0.2, 0) is 15.9 Å². The van der Waals surface area contributed by atoms with Gasteiger partial charge in [-0.2, -0.15) is 0 Å². The lowest BCUT2D eigenvalue weighted by Gasteiger charge is -2.41. The van der Waals surface area contributed by atoms with E-state index in [9.17, 15) is 4.79 Å². The van der Waals surface area contributed by atoms with E-state index in [0.29, 0.717) is 19.8 Å². The largest absolute Gasteiger partial charge is 0.381 e. The maximum atomic E-state index is 12.6. The van der Waals surface area contributed by atoms with Gasteiger partial charge in [-0.25, -0.2) is 4.79 Å². The Labute approximate surface area is 150 Å². The summed E-state index contributed by atoms with van der Waals surface area (Å²) >= 11 is 0. The van der Waals surface area contributed by atoms with Crippen LogP contribution >= 0.6 is 0 Å². The van der Waals surface area contributed by atoms with Crippen molar-refractivity contribution in [3.05, 3.63) is 35.4 Å². The molecule has 1 aromatic rings. The zero-order chi connectivity index (χ0) is 17.9. The lowest BCUT2D eigenvalue weighted by atomic mass is 9.70. The average molecular weight is 346 g/mol. The lowest BCUT2D eigenvalue weighted by Crippen LogP contribution is -2.52. The fourth-order valence-electron chi connectivity index (χ4n) is 3.96. The van der Waals surface area contributed by atoms with Crippen LogP contribution in [0.1, 0.15) is 50.3 Å². The van der Waals surface area contributed by atoms with Gasteiger partial charge in [0.05, 0.1) is 11.6 Å². The summed E-state index contributed by atoms with van der Waals surface area (Å²) in [5, 5.41) is 6.24. The molecule has 1 heterocycles. The van der Waals surface area contributed by atoms with Crippen LogP contribution in [0.2, 0.25) is 0 Å². The van der Waals surface area contributed by atoms with Crippen LogP contribution < -0.4 is 10.6 Å². The molecule has 1 aromatic carbocycles. The number of nitrogens with one attached hydrogen (secondary N) is 2. The van der Waals surface area contributed by atoms with Crippen molar-refractivity contribution < 1.29 is 14.3 Å². The summed E-state index contributed by atoms with van der Waals surface area (Å²) in [7, 11) is 1.71. The maximum absolute atomic E-state index is 12.6. The Bertz CT molecular complexity index is 609. The molecule has 138 valence electrons. The average Bonchev–Trinajstić information content (AvgIpc) is 2.63. The van der Waals surface area contributed by atoms with E-state index in [0.717, 1.165) is 25.7 Å². The van der Waals surface area contributed by atoms with Crippen molar-refractivity contribution in [1.82, 2.24) is 10.6 Å². The highest BCUT2D eigenvalue weighted by molar-refractivity contribution is 5.74. The molecule has 1 fully saturated rings. The van der Waals surface area contributed by atoms with Crippen molar-refractivity contribution >= 4 is 6.03 Å². The summed E-state index contributed by atoms with van der Waals surface area (Å²) in [5.74, 6) is 0. The fraction of sp³-hybridized carbons (Fsp3) is 0.650. The smallest absolute Gasteiger partial charge is 0.315 e. The van der Waals surface area contributed by atoms with Crippen LogP contribution in [0.3, 0.4) is 0 Å². The van der Waals surface area contributed by atoms with Crippen LogP contribution in [0.15, 0.2) is 24.3 Å². The number of aryl methyl sites for hydroxylation is 1. The molecule has 2 amide bonds. The number of carbonyl (C=O) groups excluding carboxylic acids is 1. The minimum atomic E-state index is -0.310. The third-order valence-corrected chi connectivity index (χ3v) is 5.87. The Morgan fingerprint density at radius 1 is 1.24 bits per heavy atom. The molecule has 3 rings (SSSR count). The topological polar surface area (TPSA) is 59.6 Å². The first-order chi connectivity index (χ1) is 12.0. The molecule has 1 aliphatic heterocycles. The van der Waals surface area contributed by atoms with Crippen LogP contribution in [0.5, 0.6) is 0 Å². The Hall–Kier alpha value is -1.59. The van der Waals surface area contributed by atoms with E-state index in [1.165, 1.54) is 11.1 Å². The first-order valence-corrected chi connectivity index (χ1v) is 9.21. The number of benzene rings is 1. The van der Waals surface area contributed by atoms with Crippen LogP contribution in [0, 0.1) is 5.41 Å². The Morgan fingerprint density at radius 3 is 2.68 bits per heavy atom. The molecule has 0 aromatic heterocycles. The van der Waals surface area contributed by atoms with Crippen molar-refractivity contribution in [2.75, 3.05) is 26.9 Å². The van der Waals surface area contributed by atoms with Crippen LogP contribution in [0.4, 0.5) is 4.79 Å². The second-order valence-electron chi connectivity index (χ2n) is 7.95. The molecule has 0 radical (unpaired) electrons. The number of fused-ring (bicyclic) bond motifs is 1. The first kappa shape index (κ1) is 18.2. The van der Waals surface area contributed by atoms with Crippen molar-refractivity contribution in [3.8, 4) is 0 Å². The zero-order valence-electron chi connectivity index (χ0n) is 15.6. The van der Waals surface area contributed by atoms with Gasteiger partial charge in [-0.05, 0) is 29.4 Å². The van der Waals surface area contributed by atoms with Crippen LogP contribution in [-0.4, -0.2) is 38.5 Å². The maximum Gasteiger partial charge on any atom is 0.315 e. The van der Waals surface area contributed by atoms with E-state index in [1.807, 2.05) is 0 Å².